The first kappa shape index (κ1) is 27.6. The summed E-state index contributed by atoms with van der Waals surface area (Å²) >= 11 is 0. The lowest BCUT2D eigenvalue weighted by molar-refractivity contribution is -0.137. The molecule has 0 aliphatic heterocycles. The highest BCUT2D eigenvalue weighted by Crippen LogP contribution is 2.37. The lowest BCUT2D eigenvalue weighted by atomic mass is 9.93. The third-order valence-corrected chi connectivity index (χ3v) is 6.03. The molecule has 206 valence electrons. The van der Waals surface area contributed by atoms with Crippen molar-refractivity contribution in [3.63, 3.8) is 0 Å². The van der Waals surface area contributed by atoms with Gasteiger partial charge in [0.1, 0.15) is 17.2 Å². The zero-order chi connectivity index (χ0) is 28.0. The van der Waals surface area contributed by atoms with E-state index in [1.54, 1.807) is 24.3 Å². The van der Waals surface area contributed by atoms with Crippen LogP contribution in [0.4, 0.5) is 47.8 Å². The quantitative estimate of drug-likeness (QED) is 0.230. The highest BCUT2D eigenvalue weighted by Gasteiger charge is 2.35. The number of hydrogen-bond donors (Lipinski definition) is 5. The van der Waals surface area contributed by atoms with Crippen LogP contribution in [-0.2, 0) is 11.0 Å². The number of halogens is 3. The fourth-order valence-electron chi connectivity index (χ4n) is 4.07. The van der Waals surface area contributed by atoms with Crippen LogP contribution in [0.1, 0.15) is 31.2 Å². The van der Waals surface area contributed by atoms with Crippen LogP contribution in [0.5, 0.6) is 5.88 Å². The molecule has 13 heteroatoms. The second kappa shape index (κ2) is 12.0. The Morgan fingerprint density at radius 1 is 1.10 bits per heavy atom. The molecule has 0 saturated heterocycles. The maximum atomic E-state index is 13.8. The number of amides is 1. The molecule has 1 aliphatic carbocycles. The second-order valence-electron chi connectivity index (χ2n) is 8.88. The van der Waals surface area contributed by atoms with E-state index in [-0.39, 0.29) is 35.3 Å². The van der Waals surface area contributed by atoms with Gasteiger partial charge < -0.3 is 31.1 Å². The fourth-order valence-corrected chi connectivity index (χ4v) is 4.07. The minimum absolute atomic E-state index is 0.112. The van der Waals surface area contributed by atoms with Crippen LogP contribution >= 0.6 is 0 Å². The van der Waals surface area contributed by atoms with Crippen molar-refractivity contribution in [3.05, 3.63) is 60.8 Å². The number of aromatic nitrogens is 3. The molecule has 2 aromatic heterocycles. The van der Waals surface area contributed by atoms with Gasteiger partial charge >= 0.3 is 6.18 Å². The van der Waals surface area contributed by atoms with Crippen LogP contribution < -0.4 is 26.0 Å². The Hall–Kier alpha value is -4.39. The topological polar surface area (TPSA) is 133 Å². The van der Waals surface area contributed by atoms with Crippen molar-refractivity contribution in [2.45, 2.75) is 44.0 Å². The second-order valence-corrected chi connectivity index (χ2v) is 8.88. The third kappa shape index (κ3) is 7.35. The zero-order valence-electron chi connectivity index (χ0n) is 21.0. The molecule has 0 unspecified atom stereocenters. The monoisotopic (exact) mass is 543 g/mol. The summed E-state index contributed by atoms with van der Waals surface area (Å²) < 4.78 is 46.7. The summed E-state index contributed by atoms with van der Waals surface area (Å²) in [5.74, 6) is -0.379. The Morgan fingerprint density at radius 3 is 2.49 bits per heavy atom. The van der Waals surface area contributed by atoms with Crippen molar-refractivity contribution < 1.29 is 27.8 Å². The average molecular weight is 544 g/mol. The summed E-state index contributed by atoms with van der Waals surface area (Å²) in [5.41, 5.74) is -0.220. The first-order valence-corrected chi connectivity index (χ1v) is 12.2. The maximum absolute atomic E-state index is 13.8. The predicted molar refractivity (Wildman–Crippen MR) is 142 cm³/mol. The van der Waals surface area contributed by atoms with Crippen LogP contribution in [0, 0.1) is 0 Å². The van der Waals surface area contributed by atoms with Crippen molar-refractivity contribution in [1.29, 1.82) is 0 Å². The van der Waals surface area contributed by atoms with Crippen LogP contribution in [0.15, 0.2) is 55.3 Å². The number of nitrogens with zero attached hydrogens (tertiary/aromatic N) is 3. The molecule has 1 fully saturated rings. The highest BCUT2D eigenvalue weighted by molar-refractivity contribution is 6.01. The number of nitrogens with one attached hydrogen (secondary N) is 4. The minimum Gasteiger partial charge on any atom is -0.481 e. The molecule has 0 spiro atoms. The van der Waals surface area contributed by atoms with E-state index in [2.05, 4.69) is 42.8 Å². The van der Waals surface area contributed by atoms with Crippen molar-refractivity contribution in [2.24, 2.45) is 0 Å². The number of alkyl halides is 3. The SMILES string of the molecule is C=CC(=O)Nc1ccccc1Nc1nc(Nc2cc(NC3CCC(O)CC3)nc(OC)c2)ncc1C(F)(F)F. The van der Waals surface area contributed by atoms with Crippen LogP contribution in [0.2, 0.25) is 0 Å². The number of carbonyl (C=O) groups is 1. The van der Waals surface area contributed by atoms with Gasteiger partial charge in [-0.3, -0.25) is 4.79 Å². The van der Waals surface area contributed by atoms with Crippen LogP contribution in [-0.4, -0.2) is 45.2 Å². The first-order chi connectivity index (χ1) is 18.6. The first-order valence-electron chi connectivity index (χ1n) is 12.2. The van der Waals surface area contributed by atoms with Gasteiger partial charge in [-0.15, -0.1) is 0 Å². The van der Waals surface area contributed by atoms with Gasteiger partial charge in [-0.1, -0.05) is 18.7 Å². The van der Waals surface area contributed by atoms with E-state index < -0.39 is 23.5 Å². The fraction of sp³-hybridized carbons (Fsp3) is 0.308. The minimum atomic E-state index is -4.75. The van der Waals surface area contributed by atoms with Gasteiger partial charge in [-0.25, -0.2) is 4.98 Å². The number of aliphatic hydroxyl groups is 1. The zero-order valence-corrected chi connectivity index (χ0v) is 21.0. The molecule has 0 atom stereocenters. The maximum Gasteiger partial charge on any atom is 0.421 e. The lowest BCUT2D eigenvalue weighted by Gasteiger charge is -2.26. The number of methoxy groups -OCH3 is 1. The summed E-state index contributed by atoms with van der Waals surface area (Å²) in [6, 6.07) is 9.60. The number of anilines is 6. The van der Waals surface area contributed by atoms with Gasteiger partial charge in [0.15, 0.2) is 0 Å². The van der Waals surface area contributed by atoms with E-state index in [4.69, 9.17) is 4.74 Å². The molecule has 1 amide bonds. The van der Waals surface area contributed by atoms with E-state index in [0.717, 1.165) is 18.9 Å². The van der Waals surface area contributed by atoms with Gasteiger partial charge in [0.25, 0.3) is 0 Å². The lowest BCUT2D eigenvalue weighted by Crippen LogP contribution is -2.28. The van der Waals surface area contributed by atoms with Crippen molar-refractivity contribution >= 4 is 40.6 Å². The summed E-state index contributed by atoms with van der Waals surface area (Å²) in [4.78, 5) is 24.1. The third-order valence-electron chi connectivity index (χ3n) is 6.03. The van der Waals surface area contributed by atoms with Gasteiger partial charge in [-0.05, 0) is 43.9 Å². The molecule has 4 rings (SSSR count). The Balaban J connectivity index is 1.61. The molecular weight excluding hydrogens is 515 g/mol. The Morgan fingerprint density at radius 2 is 1.82 bits per heavy atom. The number of rotatable bonds is 9. The average Bonchev–Trinajstić information content (AvgIpc) is 2.90. The number of ether oxygens (including phenoxy) is 1. The Labute approximate surface area is 222 Å². The molecule has 0 radical (unpaired) electrons. The number of para-hydroxylation sites is 2. The molecule has 0 bridgehead atoms. The van der Waals surface area contributed by atoms with Crippen molar-refractivity contribution in [2.75, 3.05) is 28.4 Å². The molecule has 5 N–H and O–H groups in total. The van der Waals surface area contributed by atoms with Gasteiger partial charge in [0.2, 0.25) is 17.7 Å². The number of benzene rings is 1. The molecule has 10 nitrogen and oxygen atoms in total. The molecule has 3 aromatic rings. The van der Waals surface area contributed by atoms with Gasteiger partial charge in [-0.2, -0.15) is 23.1 Å². The standard InChI is InChI=1S/C26H28F3N7O3/c1-3-22(38)33-19-6-4-5-7-20(19)34-24-18(26(27,28)29)14-30-25(36-24)32-16-12-21(35-23(13-16)39-2)31-15-8-10-17(37)11-9-15/h3-7,12-15,17,37H,1,8-11H2,2H3,(H,33,38)(H3,30,31,32,34,35,36). The molecule has 1 aromatic carbocycles. The Bertz CT molecular complexity index is 1330. The number of carbonyl (C=O) groups excluding carboxylic acids is 1. The summed E-state index contributed by atoms with van der Waals surface area (Å²) in [6.45, 7) is 3.38. The van der Waals surface area contributed by atoms with E-state index in [0.29, 0.717) is 30.5 Å². The largest absolute Gasteiger partial charge is 0.481 e. The van der Waals surface area contributed by atoms with Crippen molar-refractivity contribution in [3.8, 4) is 5.88 Å². The van der Waals surface area contributed by atoms with E-state index in [1.165, 1.54) is 19.2 Å². The smallest absolute Gasteiger partial charge is 0.421 e. The van der Waals surface area contributed by atoms with E-state index in [1.807, 2.05) is 0 Å². The Kier molecular flexibility index (Phi) is 8.49. The van der Waals surface area contributed by atoms with Crippen LogP contribution in [0.3, 0.4) is 0 Å². The van der Waals surface area contributed by atoms with Gasteiger partial charge in [0, 0.05) is 30.1 Å². The van der Waals surface area contributed by atoms with E-state index >= 15 is 0 Å². The summed E-state index contributed by atoms with van der Waals surface area (Å²) in [5, 5.41) is 21.2. The van der Waals surface area contributed by atoms with E-state index in [9.17, 15) is 23.1 Å². The number of aliphatic hydroxyl groups excluding tert-OH is 1. The van der Waals surface area contributed by atoms with Gasteiger partial charge in [0.05, 0.1) is 24.6 Å². The molecule has 2 heterocycles. The van der Waals surface area contributed by atoms with Crippen molar-refractivity contribution in [1.82, 2.24) is 15.0 Å². The summed E-state index contributed by atoms with van der Waals surface area (Å²) in [6.07, 6.45) is -0.413. The molecule has 39 heavy (non-hydrogen) atoms. The summed E-state index contributed by atoms with van der Waals surface area (Å²) in [7, 11) is 1.45. The normalized spacial score (nSPS) is 17.2. The molecular formula is C26H28F3N7O3. The number of hydrogen-bond acceptors (Lipinski definition) is 9. The highest BCUT2D eigenvalue weighted by atomic mass is 19.4. The number of pyridine rings is 1. The molecule has 1 aliphatic rings. The van der Waals surface area contributed by atoms with Crippen LogP contribution in [0.25, 0.3) is 0 Å². The predicted octanol–water partition coefficient (Wildman–Crippen LogP) is 5.23. The molecule has 1 saturated carbocycles.